The van der Waals surface area contributed by atoms with Crippen LogP contribution in [0.4, 0.5) is 0 Å². The lowest BCUT2D eigenvalue weighted by Gasteiger charge is -2.37. The van der Waals surface area contributed by atoms with Gasteiger partial charge in [0, 0.05) is 24.7 Å². The zero-order chi connectivity index (χ0) is 13.8. The van der Waals surface area contributed by atoms with E-state index < -0.39 is 0 Å². The zero-order valence-electron chi connectivity index (χ0n) is 11.7. The summed E-state index contributed by atoms with van der Waals surface area (Å²) in [5.41, 5.74) is 7.34. The number of ether oxygens (including phenoxy) is 1. The van der Waals surface area contributed by atoms with E-state index >= 15 is 0 Å². The Morgan fingerprint density at radius 3 is 2.74 bits per heavy atom. The molecule has 0 atom stereocenters. The largest absolute Gasteiger partial charge is 0.496 e. The van der Waals surface area contributed by atoms with Crippen LogP contribution in [-0.4, -0.2) is 37.0 Å². The molecule has 1 saturated carbocycles. The highest BCUT2D eigenvalue weighted by molar-refractivity contribution is 5.95. The Bertz CT molecular complexity index is 455. The molecule has 0 unspecified atom stereocenters. The number of aryl methyl sites for hydroxylation is 1. The van der Waals surface area contributed by atoms with Crippen LogP contribution in [0.25, 0.3) is 0 Å². The lowest BCUT2D eigenvalue weighted by molar-refractivity contribution is 0.0588. The molecule has 0 aliphatic heterocycles. The van der Waals surface area contributed by atoms with Crippen molar-refractivity contribution in [2.75, 3.05) is 20.2 Å². The molecule has 0 radical (unpaired) electrons. The Balaban J connectivity index is 2.20. The summed E-state index contributed by atoms with van der Waals surface area (Å²) in [5, 5.41) is 0. The van der Waals surface area contributed by atoms with E-state index in [4.69, 9.17) is 10.5 Å². The molecule has 2 rings (SSSR count). The van der Waals surface area contributed by atoms with Gasteiger partial charge in [0.25, 0.3) is 5.91 Å². The maximum Gasteiger partial charge on any atom is 0.254 e. The summed E-state index contributed by atoms with van der Waals surface area (Å²) in [6.07, 6.45) is 3.39. The van der Waals surface area contributed by atoms with Crippen LogP contribution in [0, 0.1) is 6.92 Å². The van der Waals surface area contributed by atoms with Gasteiger partial charge < -0.3 is 15.4 Å². The molecule has 0 bridgehead atoms. The molecule has 0 saturated heterocycles. The number of methoxy groups -OCH3 is 1. The van der Waals surface area contributed by atoms with E-state index in [1.165, 1.54) is 6.42 Å². The Labute approximate surface area is 114 Å². The molecule has 0 spiro atoms. The number of rotatable bonds is 5. The van der Waals surface area contributed by atoms with Crippen LogP contribution in [0.3, 0.4) is 0 Å². The van der Waals surface area contributed by atoms with Crippen LogP contribution in [0.2, 0.25) is 0 Å². The molecular formula is C15H22N2O2. The van der Waals surface area contributed by atoms with E-state index in [9.17, 15) is 4.79 Å². The highest BCUT2D eigenvalue weighted by atomic mass is 16.5. The molecule has 1 fully saturated rings. The number of nitrogens with two attached hydrogens (primary N) is 1. The van der Waals surface area contributed by atoms with Gasteiger partial charge in [0.15, 0.2) is 0 Å². The fourth-order valence-electron chi connectivity index (χ4n) is 2.41. The summed E-state index contributed by atoms with van der Waals surface area (Å²) in [6, 6.07) is 5.97. The van der Waals surface area contributed by atoms with Crippen molar-refractivity contribution in [2.24, 2.45) is 5.73 Å². The lowest BCUT2D eigenvalue weighted by atomic mass is 9.91. The second kappa shape index (κ2) is 6.06. The van der Waals surface area contributed by atoms with Crippen LogP contribution < -0.4 is 10.5 Å². The van der Waals surface area contributed by atoms with Crippen molar-refractivity contribution in [1.29, 1.82) is 0 Å². The normalized spacial score (nSPS) is 14.9. The van der Waals surface area contributed by atoms with Crippen molar-refractivity contribution < 1.29 is 9.53 Å². The quantitative estimate of drug-likeness (QED) is 0.882. The Morgan fingerprint density at radius 2 is 2.21 bits per heavy atom. The van der Waals surface area contributed by atoms with Gasteiger partial charge in [-0.05, 0) is 43.9 Å². The zero-order valence-corrected chi connectivity index (χ0v) is 11.7. The van der Waals surface area contributed by atoms with Crippen LogP contribution >= 0.6 is 0 Å². The third-order valence-corrected chi connectivity index (χ3v) is 3.80. The first kappa shape index (κ1) is 13.9. The monoisotopic (exact) mass is 262 g/mol. The Morgan fingerprint density at radius 1 is 1.47 bits per heavy atom. The Kier molecular flexibility index (Phi) is 4.43. The molecule has 1 aliphatic carbocycles. The van der Waals surface area contributed by atoms with E-state index in [0.29, 0.717) is 24.7 Å². The smallest absolute Gasteiger partial charge is 0.254 e. The summed E-state index contributed by atoms with van der Waals surface area (Å²) in [5.74, 6) is 0.820. The number of benzene rings is 1. The molecule has 0 heterocycles. The van der Waals surface area contributed by atoms with Gasteiger partial charge in [0.2, 0.25) is 0 Å². The van der Waals surface area contributed by atoms with Crippen molar-refractivity contribution in [1.82, 2.24) is 4.90 Å². The number of hydrogen-bond donors (Lipinski definition) is 1. The fraction of sp³-hybridized carbons (Fsp3) is 0.533. The van der Waals surface area contributed by atoms with Crippen molar-refractivity contribution in [3.05, 3.63) is 29.3 Å². The highest BCUT2D eigenvalue weighted by Gasteiger charge is 2.29. The first-order chi connectivity index (χ1) is 9.17. The van der Waals surface area contributed by atoms with Crippen LogP contribution in [0.15, 0.2) is 18.2 Å². The standard InChI is InChI=1S/C15H22N2O2/c1-11-6-7-12(10-14(11)19-2)15(18)17(9-8-16)13-4-3-5-13/h6-7,10,13H,3-5,8-9,16H2,1-2H3. The third kappa shape index (κ3) is 2.89. The molecule has 1 aromatic rings. The summed E-state index contributed by atoms with van der Waals surface area (Å²) in [4.78, 5) is 14.5. The van der Waals surface area contributed by atoms with E-state index in [0.717, 1.165) is 24.2 Å². The SMILES string of the molecule is COc1cc(C(=O)N(CCN)C2CCC2)ccc1C. The maximum atomic E-state index is 12.6. The fourth-order valence-corrected chi connectivity index (χ4v) is 2.41. The summed E-state index contributed by atoms with van der Waals surface area (Å²) in [7, 11) is 1.63. The molecule has 1 aliphatic rings. The van der Waals surface area contributed by atoms with Gasteiger partial charge in [-0.3, -0.25) is 4.79 Å². The average Bonchev–Trinajstić information content (AvgIpc) is 2.36. The molecule has 1 aromatic carbocycles. The van der Waals surface area contributed by atoms with Gasteiger partial charge in [0.05, 0.1) is 7.11 Å². The highest BCUT2D eigenvalue weighted by Crippen LogP contribution is 2.27. The van der Waals surface area contributed by atoms with Crippen LogP contribution in [0.5, 0.6) is 5.75 Å². The minimum absolute atomic E-state index is 0.0634. The number of hydrogen-bond acceptors (Lipinski definition) is 3. The van der Waals surface area contributed by atoms with Crippen molar-refractivity contribution in [3.63, 3.8) is 0 Å². The first-order valence-corrected chi connectivity index (χ1v) is 6.83. The number of carbonyl (C=O) groups excluding carboxylic acids is 1. The van der Waals surface area contributed by atoms with Gasteiger partial charge >= 0.3 is 0 Å². The summed E-state index contributed by atoms with van der Waals surface area (Å²) >= 11 is 0. The van der Waals surface area contributed by atoms with Crippen molar-refractivity contribution >= 4 is 5.91 Å². The van der Waals surface area contributed by atoms with Crippen LogP contribution in [0.1, 0.15) is 35.2 Å². The molecule has 104 valence electrons. The molecule has 4 nitrogen and oxygen atoms in total. The lowest BCUT2D eigenvalue weighted by Crippen LogP contribution is -2.46. The molecular weight excluding hydrogens is 240 g/mol. The molecule has 2 N–H and O–H groups in total. The summed E-state index contributed by atoms with van der Waals surface area (Å²) in [6.45, 7) is 3.10. The average molecular weight is 262 g/mol. The molecule has 1 amide bonds. The first-order valence-electron chi connectivity index (χ1n) is 6.83. The van der Waals surface area contributed by atoms with Gasteiger partial charge in [0.1, 0.15) is 5.75 Å². The van der Waals surface area contributed by atoms with Gasteiger partial charge in [-0.15, -0.1) is 0 Å². The molecule has 0 aromatic heterocycles. The molecule has 4 heteroatoms. The van der Waals surface area contributed by atoms with E-state index in [-0.39, 0.29) is 5.91 Å². The number of amides is 1. The topological polar surface area (TPSA) is 55.6 Å². The van der Waals surface area contributed by atoms with E-state index in [1.54, 1.807) is 7.11 Å². The second-order valence-corrected chi connectivity index (χ2v) is 5.06. The predicted octanol–water partition coefficient (Wildman–Crippen LogP) is 1.96. The van der Waals surface area contributed by atoms with Gasteiger partial charge in [-0.2, -0.15) is 0 Å². The van der Waals surface area contributed by atoms with E-state index in [1.807, 2.05) is 30.0 Å². The van der Waals surface area contributed by atoms with Crippen molar-refractivity contribution in [3.8, 4) is 5.75 Å². The second-order valence-electron chi connectivity index (χ2n) is 5.06. The van der Waals surface area contributed by atoms with E-state index in [2.05, 4.69) is 0 Å². The van der Waals surface area contributed by atoms with Gasteiger partial charge in [-0.25, -0.2) is 0 Å². The van der Waals surface area contributed by atoms with Crippen molar-refractivity contribution in [2.45, 2.75) is 32.2 Å². The van der Waals surface area contributed by atoms with Crippen LogP contribution in [-0.2, 0) is 0 Å². The number of carbonyl (C=O) groups is 1. The number of nitrogens with zero attached hydrogens (tertiary/aromatic N) is 1. The predicted molar refractivity (Wildman–Crippen MR) is 75.5 cm³/mol. The summed E-state index contributed by atoms with van der Waals surface area (Å²) < 4.78 is 5.28. The third-order valence-electron chi connectivity index (χ3n) is 3.80. The molecule has 19 heavy (non-hydrogen) atoms. The Hall–Kier alpha value is -1.55. The minimum atomic E-state index is 0.0634. The minimum Gasteiger partial charge on any atom is -0.496 e. The maximum absolute atomic E-state index is 12.6. The van der Waals surface area contributed by atoms with Gasteiger partial charge in [-0.1, -0.05) is 6.07 Å².